The molecule has 1 aliphatic rings. The van der Waals surface area contributed by atoms with Crippen molar-refractivity contribution >= 4 is 45.7 Å². The van der Waals surface area contributed by atoms with Gasteiger partial charge in [-0.05, 0) is 31.0 Å². The van der Waals surface area contributed by atoms with E-state index in [1.807, 2.05) is 5.38 Å². The number of carbonyl (C=O) groups is 2. The number of carbonyl (C=O) groups excluding carboxylic acids is 2. The first-order chi connectivity index (χ1) is 11.6. The Morgan fingerprint density at radius 1 is 1.25 bits per heavy atom. The molecule has 2 aromatic rings. The van der Waals surface area contributed by atoms with Crippen molar-refractivity contribution in [2.24, 2.45) is 5.92 Å². The van der Waals surface area contributed by atoms with Crippen molar-refractivity contribution in [1.82, 2.24) is 9.88 Å². The number of amides is 3. The summed E-state index contributed by atoms with van der Waals surface area (Å²) in [6.07, 6.45) is 2.93. The van der Waals surface area contributed by atoms with Crippen LogP contribution in [-0.4, -0.2) is 34.9 Å². The van der Waals surface area contributed by atoms with E-state index in [1.54, 1.807) is 35.4 Å². The number of nitrogens with zero attached hydrogens (tertiary/aromatic N) is 2. The number of aromatic nitrogens is 1. The lowest BCUT2D eigenvalue weighted by atomic mass is 9.96. The minimum absolute atomic E-state index is 0.0279. The molecule has 1 saturated heterocycles. The van der Waals surface area contributed by atoms with E-state index in [1.165, 1.54) is 11.3 Å². The number of halogens is 1. The van der Waals surface area contributed by atoms with E-state index in [-0.39, 0.29) is 17.9 Å². The number of benzene rings is 1. The molecule has 3 rings (SSSR count). The van der Waals surface area contributed by atoms with Gasteiger partial charge in [0.1, 0.15) is 0 Å². The van der Waals surface area contributed by atoms with Crippen molar-refractivity contribution in [2.75, 3.05) is 23.7 Å². The van der Waals surface area contributed by atoms with Gasteiger partial charge in [-0.25, -0.2) is 9.78 Å². The fourth-order valence-electron chi connectivity index (χ4n) is 2.61. The Morgan fingerprint density at radius 2 is 2.04 bits per heavy atom. The molecule has 2 N–H and O–H groups in total. The molecule has 0 atom stereocenters. The molecule has 0 radical (unpaired) electrons. The minimum atomic E-state index is -0.170. The molecule has 0 unspecified atom stereocenters. The van der Waals surface area contributed by atoms with E-state index in [9.17, 15) is 9.59 Å². The predicted octanol–water partition coefficient (Wildman–Crippen LogP) is 3.68. The van der Waals surface area contributed by atoms with Crippen molar-refractivity contribution in [3.05, 3.63) is 40.9 Å². The Balaban J connectivity index is 1.49. The SMILES string of the molecule is O=C(Nc1nccs1)C1CCN(C(=O)Nc2cccc(Cl)c2)CC1. The highest BCUT2D eigenvalue weighted by Crippen LogP contribution is 2.21. The lowest BCUT2D eigenvalue weighted by Crippen LogP contribution is -2.43. The maximum absolute atomic E-state index is 12.3. The van der Waals surface area contributed by atoms with E-state index in [0.29, 0.717) is 41.8 Å². The topological polar surface area (TPSA) is 74.3 Å². The Kier molecular flexibility index (Phi) is 5.32. The zero-order valence-corrected chi connectivity index (χ0v) is 14.4. The van der Waals surface area contributed by atoms with Crippen molar-refractivity contribution in [2.45, 2.75) is 12.8 Å². The summed E-state index contributed by atoms with van der Waals surface area (Å²) < 4.78 is 0. The number of hydrogen-bond acceptors (Lipinski definition) is 4. The molecule has 2 heterocycles. The van der Waals surface area contributed by atoms with Crippen LogP contribution >= 0.6 is 22.9 Å². The monoisotopic (exact) mass is 364 g/mol. The zero-order chi connectivity index (χ0) is 16.9. The molecule has 1 aromatic heterocycles. The summed E-state index contributed by atoms with van der Waals surface area (Å²) in [7, 11) is 0. The standard InChI is InChI=1S/C16H17ClN4O2S/c17-12-2-1-3-13(10-12)19-16(23)21-7-4-11(5-8-21)14(22)20-15-18-6-9-24-15/h1-3,6,9-11H,4-5,7-8H2,(H,19,23)(H,18,20,22). The van der Waals surface area contributed by atoms with Crippen LogP contribution in [0.15, 0.2) is 35.8 Å². The molecule has 0 spiro atoms. The van der Waals surface area contributed by atoms with Crippen molar-refractivity contribution in [3.63, 3.8) is 0 Å². The van der Waals surface area contributed by atoms with Gasteiger partial charge in [0.2, 0.25) is 5.91 Å². The van der Waals surface area contributed by atoms with Gasteiger partial charge in [0.05, 0.1) is 0 Å². The van der Waals surface area contributed by atoms with Crippen LogP contribution in [0.25, 0.3) is 0 Å². The van der Waals surface area contributed by atoms with Gasteiger partial charge in [0.15, 0.2) is 5.13 Å². The summed E-state index contributed by atoms with van der Waals surface area (Å²) in [5, 5.41) is 8.65. The number of hydrogen-bond donors (Lipinski definition) is 2. The van der Waals surface area contributed by atoms with Crippen LogP contribution in [0.3, 0.4) is 0 Å². The molecule has 0 saturated carbocycles. The third-order valence-corrected chi connectivity index (χ3v) is 4.81. The first-order valence-corrected chi connectivity index (χ1v) is 8.89. The summed E-state index contributed by atoms with van der Waals surface area (Å²) in [6, 6.07) is 6.86. The van der Waals surface area contributed by atoms with Crippen LogP contribution in [0, 0.1) is 5.92 Å². The number of thiazole rings is 1. The Bertz CT molecular complexity index is 715. The quantitative estimate of drug-likeness (QED) is 0.872. The molecule has 0 bridgehead atoms. The van der Waals surface area contributed by atoms with Crippen molar-refractivity contribution < 1.29 is 9.59 Å². The van der Waals surface area contributed by atoms with E-state index in [4.69, 9.17) is 11.6 Å². The third kappa shape index (κ3) is 4.24. The maximum Gasteiger partial charge on any atom is 0.321 e. The molecule has 126 valence electrons. The summed E-state index contributed by atoms with van der Waals surface area (Å²) in [5.41, 5.74) is 0.663. The molecule has 8 heteroatoms. The van der Waals surface area contributed by atoms with Gasteiger partial charge in [-0.3, -0.25) is 4.79 Å². The van der Waals surface area contributed by atoms with Gasteiger partial charge < -0.3 is 15.5 Å². The summed E-state index contributed by atoms with van der Waals surface area (Å²) in [6.45, 7) is 1.09. The second-order valence-corrected chi connectivity index (χ2v) is 6.86. The highest BCUT2D eigenvalue weighted by Gasteiger charge is 2.27. The Hall–Kier alpha value is -2.12. The number of anilines is 2. The molecule has 1 aliphatic heterocycles. The van der Waals surface area contributed by atoms with Crippen LogP contribution in [0.5, 0.6) is 0 Å². The largest absolute Gasteiger partial charge is 0.324 e. The number of likely N-dealkylation sites (tertiary alicyclic amines) is 1. The fraction of sp³-hybridized carbons (Fsp3) is 0.312. The van der Waals surface area contributed by atoms with Gasteiger partial charge in [0, 0.05) is 41.3 Å². The van der Waals surface area contributed by atoms with E-state index < -0.39 is 0 Å². The van der Waals surface area contributed by atoms with Crippen LogP contribution < -0.4 is 10.6 Å². The highest BCUT2D eigenvalue weighted by molar-refractivity contribution is 7.13. The molecule has 24 heavy (non-hydrogen) atoms. The van der Waals surface area contributed by atoms with Gasteiger partial charge in [-0.1, -0.05) is 17.7 Å². The number of piperidine rings is 1. The second kappa shape index (κ2) is 7.63. The average molecular weight is 365 g/mol. The zero-order valence-electron chi connectivity index (χ0n) is 12.9. The molecular formula is C16H17ClN4O2S. The van der Waals surface area contributed by atoms with Gasteiger partial charge in [-0.2, -0.15) is 0 Å². The number of nitrogens with one attached hydrogen (secondary N) is 2. The van der Waals surface area contributed by atoms with E-state index >= 15 is 0 Å². The summed E-state index contributed by atoms with van der Waals surface area (Å²) in [4.78, 5) is 30.2. The predicted molar refractivity (Wildman–Crippen MR) is 95.5 cm³/mol. The third-order valence-electron chi connectivity index (χ3n) is 3.89. The molecule has 3 amide bonds. The van der Waals surface area contributed by atoms with Gasteiger partial charge in [0.25, 0.3) is 0 Å². The van der Waals surface area contributed by atoms with Gasteiger partial charge >= 0.3 is 6.03 Å². The molecule has 6 nitrogen and oxygen atoms in total. The molecular weight excluding hydrogens is 348 g/mol. The molecule has 1 fully saturated rings. The van der Waals surface area contributed by atoms with Gasteiger partial charge in [-0.15, -0.1) is 11.3 Å². The minimum Gasteiger partial charge on any atom is -0.324 e. The van der Waals surface area contributed by atoms with E-state index in [0.717, 1.165) is 0 Å². The van der Waals surface area contributed by atoms with Crippen LogP contribution in [-0.2, 0) is 4.79 Å². The molecule has 0 aliphatic carbocycles. The Labute approximate surface area is 148 Å². The van der Waals surface area contributed by atoms with Crippen LogP contribution in [0.4, 0.5) is 15.6 Å². The number of urea groups is 1. The second-order valence-electron chi connectivity index (χ2n) is 5.53. The normalized spacial score (nSPS) is 15.1. The van der Waals surface area contributed by atoms with Crippen molar-refractivity contribution in [3.8, 4) is 0 Å². The Morgan fingerprint density at radius 3 is 2.71 bits per heavy atom. The summed E-state index contributed by atoms with van der Waals surface area (Å²) in [5.74, 6) is -0.121. The van der Waals surface area contributed by atoms with E-state index in [2.05, 4.69) is 15.6 Å². The average Bonchev–Trinajstić information content (AvgIpc) is 3.08. The fourth-order valence-corrected chi connectivity index (χ4v) is 3.33. The molecule has 1 aromatic carbocycles. The lowest BCUT2D eigenvalue weighted by molar-refractivity contribution is -0.121. The first-order valence-electron chi connectivity index (χ1n) is 7.63. The summed E-state index contributed by atoms with van der Waals surface area (Å²) >= 11 is 7.31. The number of rotatable bonds is 3. The highest BCUT2D eigenvalue weighted by atomic mass is 35.5. The smallest absolute Gasteiger partial charge is 0.321 e. The first kappa shape index (κ1) is 16.7. The van der Waals surface area contributed by atoms with Crippen LogP contribution in [0.2, 0.25) is 5.02 Å². The van der Waals surface area contributed by atoms with Crippen molar-refractivity contribution in [1.29, 1.82) is 0 Å². The lowest BCUT2D eigenvalue weighted by Gasteiger charge is -2.31. The maximum atomic E-state index is 12.3. The van der Waals surface area contributed by atoms with Crippen LogP contribution in [0.1, 0.15) is 12.8 Å².